The predicted octanol–water partition coefficient (Wildman–Crippen LogP) is 2.54. The molecule has 0 aromatic carbocycles. The maximum absolute atomic E-state index is 10.5. The zero-order valence-corrected chi connectivity index (χ0v) is 8.90. The van der Waals surface area contributed by atoms with Crippen LogP contribution in [0.3, 0.4) is 0 Å². The molecule has 1 N–H and O–H groups in total. The van der Waals surface area contributed by atoms with Gasteiger partial charge in [0.2, 0.25) is 0 Å². The number of nitrogens with zero attached hydrogens (tertiary/aromatic N) is 1. The molecule has 1 fully saturated rings. The van der Waals surface area contributed by atoms with E-state index in [-0.39, 0.29) is 5.41 Å². The van der Waals surface area contributed by atoms with Crippen LogP contribution in [-0.4, -0.2) is 9.48 Å². The van der Waals surface area contributed by atoms with Crippen LogP contribution in [0.5, 0.6) is 0 Å². The van der Waals surface area contributed by atoms with Gasteiger partial charge >= 0.3 is 0 Å². The van der Waals surface area contributed by atoms with Crippen LogP contribution in [0, 0.1) is 5.41 Å². The van der Waals surface area contributed by atoms with Crippen molar-refractivity contribution in [2.24, 2.45) is 5.41 Å². The lowest BCUT2D eigenvalue weighted by Crippen LogP contribution is -2.37. The molecule has 0 spiro atoms. The van der Waals surface area contributed by atoms with Crippen LogP contribution in [-0.2, 0) is 5.60 Å². The van der Waals surface area contributed by atoms with E-state index in [1.54, 1.807) is 0 Å². The molecule has 13 heavy (non-hydrogen) atoms. The van der Waals surface area contributed by atoms with Gasteiger partial charge in [-0.2, -0.15) is 4.37 Å². The van der Waals surface area contributed by atoms with E-state index in [0.717, 1.165) is 25.0 Å². The summed E-state index contributed by atoms with van der Waals surface area (Å²) in [7, 11) is 0. The second-order valence-corrected chi connectivity index (χ2v) is 5.15. The number of rotatable bonds is 1. The van der Waals surface area contributed by atoms with E-state index in [9.17, 15) is 5.11 Å². The van der Waals surface area contributed by atoms with Crippen molar-refractivity contribution in [3.63, 3.8) is 0 Å². The largest absolute Gasteiger partial charge is 0.383 e. The third kappa shape index (κ3) is 1.22. The second kappa shape index (κ2) is 2.79. The Kier molecular flexibility index (Phi) is 1.96. The van der Waals surface area contributed by atoms with Gasteiger partial charge in [-0.15, -0.1) is 0 Å². The van der Waals surface area contributed by atoms with Crippen molar-refractivity contribution in [1.29, 1.82) is 0 Å². The van der Waals surface area contributed by atoms with Gasteiger partial charge in [-0.05, 0) is 42.3 Å². The Morgan fingerprint density at radius 3 is 2.69 bits per heavy atom. The van der Waals surface area contributed by atoms with Crippen LogP contribution >= 0.6 is 11.5 Å². The molecule has 2 rings (SSSR count). The molecule has 3 heteroatoms. The fourth-order valence-corrected chi connectivity index (χ4v) is 2.81. The van der Waals surface area contributed by atoms with E-state index in [2.05, 4.69) is 18.2 Å². The summed E-state index contributed by atoms with van der Waals surface area (Å²) in [6.07, 6.45) is 3.03. The summed E-state index contributed by atoms with van der Waals surface area (Å²) in [5.74, 6) is 0. The highest BCUT2D eigenvalue weighted by molar-refractivity contribution is 7.03. The average molecular weight is 197 g/mol. The Labute approximate surface area is 82.8 Å². The molecule has 1 aromatic heterocycles. The summed E-state index contributed by atoms with van der Waals surface area (Å²) in [6.45, 7) is 4.25. The number of aliphatic hydroxyl groups is 1. The van der Waals surface area contributed by atoms with Crippen molar-refractivity contribution in [3.8, 4) is 0 Å². The van der Waals surface area contributed by atoms with Crippen LogP contribution < -0.4 is 0 Å². The molecule has 0 amide bonds. The lowest BCUT2D eigenvalue weighted by molar-refractivity contribution is -0.0514. The van der Waals surface area contributed by atoms with E-state index < -0.39 is 5.60 Å². The summed E-state index contributed by atoms with van der Waals surface area (Å²) in [6, 6.07) is 1.94. The van der Waals surface area contributed by atoms with Crippen molar-refractivity contribution >= 4 is 11.5 Å². The van der Waals surface area contributed by atoms with Gasteiger partial charge in [0.1, 0.15) is 5.60 Å². The topological polar surface area (TPSA) is 33.1 Å². The molecule has 2 nitrogen and oxygen atoms in total. The Morgan fingerprint density at radius 1 is 1.46 bits per heavy atom. The highest BCUT2D eigenvalue weighted by Crippen LogP contribution is 2.51. The Morgan fingerprint density at radius 2 is 2.23 bits per heavy atom. The molecule has 1 aromatic rings. The highest BCUT2D eigenvalue weighted by atomic mass is 32.1. The first-order chi connectivity index (χ1) is 6.06. The molecule has 1 unspecified atom stereocenters. The fraction of sp³-hybridized carbons (Fsp3) is 0.700. The standard InChI is InChI=1S/C10H15NOS/c1-9(2)5-3-6-10(9,12)8-4-7-13-11-8/h4,7,12H,3,5-6H2,1-2H3. The van der Waals surface area contributed by atoms with E-state index in [1.807, 2.05) is 11.4 Å². The molecule has 0 radical (unpaired) electrons. The van der Waals surface area contributed by atoms with Gasteiger partial charge in [-0.1, -0.05) is 13.8 Å². The maximum Gasteiger partial charge on any atom is 0.113 e. The highest BCUT2D eigenvalue weighted by Gasteiger charge is 2.49. The first-order valence-corrected chi connectivity index (χ1v) is 5.53. The van der Waals surface area contributed by atoms with E-state index >= 15 is 0 Å². The maximum atomic E-state index is 10.5. The van der Waals surface area contributed by atoms with Crippen LogP contribution in [0.4, 0.5) is 0 Å². The Balaban J connectivity index is 2.40. The van der Waals surface area contributed by atoms with Gasteiger partial charge in [0, 0.05) is 5.38 Å². The van der Waals surface area contributed by atoms with Crippen molar-refractivity contribution in [2.75, 3.05) is 0 Å². The van der Waals surface area contributed by atoms with Crippen LogP contribution in [0.15, 0.2) is 11.4 Å². The van der Waals surface area contributed by atoms with Gasteiger partial charge in [-0.25, -0.2) is 0 Å². The van der Waals surface area contributed by atoms with Gasteiger partial charge in [0.25, 0.3) is 0 Å². The van der Waals surface area contributed by atoms with Crippen LogP contribution in [0.1, 0.15) is 38.8 Å². The molecular weight excluding hydrogens is 182 g/mol. The SMILES string of the molecule is CC1(C)CCCC1(O)c1ccsn1. The molecule has 0 aliphatic heterocycles. The molecule has 1 saturated carbocycles. The van der Waals surface area contributed by atoms with Gasteiger partial charge < -0.3 is 5.11 Å². The first-order valence-electron chi connectivity index (χ1n) is 4.69. The van der Waals surface area contributed by atoms with Gasteiger partial charge in [-0.3, -0.25) is 0 Å². The number of hydrogen-bond acceptors (Lipinski definition) is 3. The molecular formula is C10H15NOS. The van der Waals surface area contributed by atoms with Gasteiger partial charge in [0.05, 0.1) is 5.69 Å². The smallest absolute Gasteiger partial charge is 0.113 e. The zero-order chi connectivity index (χ0) is 9.53. The quantitative estimate of drug-likeness (QED) is 0.750. The molecule has 1 aliphatic carbocycles. The minimum atomic E-state index is -0.688. The normalized spacial score (nSPS) is 32.2. The van der Waals surface area contributed by atoms with E-state index in [1.165, 1.54) is 11.5 Å². The Hall–Kier alpha value is -0.410. The third-order valence-electron chi connectivity index (χ3n) is 3.32. The Bertz CT molecular complexity index is 294. The monoisotopic (exact) mass is 197 g/mol. The van der Waals surface area contributed by atoms with E-state index in [4.69, 9.17) is 0 Å². The molecule has 1 heterocycles. The lowest BCUT2D eigenvalue weighted by Gasteiger charge is -2.35. The molecule has 72 valence electrons. The molecule has 1 atom stereocenters. The summed E-state index contributed by atoms with van der Waals surface area (Å²) >= 11 is 1.42. The minimum absolute atomic E-state index is 0.0267. The second-order valence-electron chi connectivity index (χ2n) is 4.48. The van der Waals surface area contributed by atoms with Crippen molar-refractivity contribution in [2.45, 2.75) is 38.7 Å². The average Bonchev–Trinajstić information content (AvgIpc) is 2.61. The van der Waals surface area contributed by atoms with Gasteiger partial charge in [0.15, 0.2) is 0 Å². The van der Waals surface area contributed by atoms with E-state index in [0.29, 0.717) is 0 Å². The first kappa shape index (κ1) is 9.16. The third-order valence-corrected chi connectivity index (χ3v) is 3.88. The predicted molar refractivity (Wildman–Crippen MR) is 53.6 cm³/mol. The van der Waals surface area contributed by atoms with Crippen molar-refractivity contribution in [3.05, 3.63) is 17.1 Å². The number of aromatic nitrogens is 1. The molecule has 0 bridgehead atoms. The summed E-state index contributed by atoms with van der Waals surface area (Å²) < 4.78 is 4.26. The minimum Gasteiger partial charge on any atom is -0.383 e. The summed E-state index contributed by atoms with van der Waals surface area (Å²) in [5, 5.41) is 12.5. The van der Waals surface area contributed by atoms with Crippen LogP contribution in [0.2, 0.25) is 0 Å². The zero-order valence-electron chi connectivity index (χ0n) is 8.08. The molecule has 0 saturated heterocycles. The summed E-state index contributed by atoms with van der Waals surface area (Å²) in [4.78, 5) is 0. The van der Waals surface area contributed by atoms with Crippen molar-refractivity contribution < 1.29 is 5.11 Å². The van der Waals surface area contributed by atoms with Crippen LogP contribution in [0.25, 0.3) is 0 Å². The number of hydrogen-bond donors (Lipinski definition) is 1. The lowest BCUT2D eigenvalue weighted by atomic mass is 9.76. The molecule has 1 aliphatic rings. The summed E-state index contributed by atoms with van der Waals surface area (Å²) in [5.41, 5.74) is 0.147. The fourth-order valence-electron chi connectivity index (χ4n) is 2.23. The van der Waals surface area contributed by atoms with Crippen molar-refractivity contribution in [1.82, 2.24) is 4.37 Å².